The van der Waals surface area contributed by atoms with Crippen LogP contribution in [0.3, 0.4) is 0 Å². The first kappa shape index (κ1) is 7.79. The monoisotopic (exact) mass is 176 g/mol. The fourth-order valence-corrected chi connectivity index (χ4v) is 1.30. The molecule has 2 rings (SSSR count). The van der Waals surface area contributed by atoms with E-state index < -0.39 is 0 Å². The first-order chi connectivity index (χ1) is 6.36. The zero-order valence-electron chi connectivity index (χ0n) is 7.10. The third-order valence-corrected chi connectivity index (χ3v) is 1.89. The molecule has 13 heavy (non-hydrogen) atoms. The molecule has 0 aliphatic carbocycles. The third kappa shape index (κ3) is 1.07. The Morgan fingerprint density at radius 2 is 2.38 bits per heavy atom. The van der Waals surface area contributed by atoms with Crippen molar-refractivity contribution in [2.45, 2.75) is 0 Å². The highest BCUT2D eigenvalue weighted by atomic mass is 16.5. The molecule has 0 aromatic carbocycles. The van der Waals surface area contributed by atoms with Crippen LogP contribution in [0.25, 0.3) is 5.52 Å². The number of rotatable bonds is 2. The zero-order chi connectivity index (χ0) is 9.26. The Morgan fingerprint density at radius 1 is 1.54 bits per heavy atom. The van der Waals surface area contributed by atoms with Crippen molar-refractivity contribution in [2.75, 3.05) is 7.11 Å². The van der Waals surface area contributed by atoms with Gasteiger partial charge in [-0.25, -0.2) is 4.52 Å². The van der Waals surface area contributed by atoms with E-state index in [1.165, 1.54) is 7.11 Å². The summed E-state index contributed by atoms with van der Waals surface area (Å²) in [4.78, 5) is 10.6. The molecule has 66 valence electrons. The molecule has 0 unspecified atom stereocenters. The van der Waals surface area contributed by atoms with Crippen LogP contribution in [0.5, 0.6) is 5.75 Å². The van der Waals surface area contributed by atoms with Gasteiger partial charge < -0.3 is 4.74 Å². The van der Waals surface area contributed by atoms with Gasteiger partial charge >= 0.3 is 0 Å². The van der Waals surface area contributed by atoms with Gasteiger partial charge in [0, 0.05) is 6.20 Å². The second-order valence-electron chi connectivity index (χ2n) is 2.58. The second-order valence-corrected chi connectivity index (χ2v) is 2.58. The highest BCUT2D eigenvalue weighted by Crippen LogP contribution is 2.22. The highest BCUT2D eigenvalue weighted by molar-refractivity contribution is 5.84. The molecule has 2 aromatic rings. The maximum Gasteiger partial charge on any atom is 0.155 e. The zero-order valence-corrected chi connectivity index (χ0v) is 7.10. The first-order valence-electron chi connectivity index (χ1n) is 3.82. The van der Waals surface area contributed by atoms with Gasteiger partial charge in [0.1, 0.15) is 5.52 Å². The summed E-state index contributed by atoms with van der Waals surface area (Å²) in [6.45, 7) is 0. The number of hydrogen-bond donors (Lipinski definition) is 0. The summed E-state index contributed by atoms with van der Waals surface area (Å²) in [7, 11) is 1.54. The Morgan fingerprint density at radius 3 is 3.08 bits per heavy atom. The minimum atomic E-state index is 0.538. The van der Waals surface area contributed by atoms with Crippen LogP contribution in [0.2, 0.25) is 0 Å². The Balaban J connectivity index is 2.81. The molecule has 0 atom stereocenters. The molecule has 0 saturated heterocycles. The lowest BCUT2D eigenvalue weighted by Crippen LogP contribution is -1.95. The van der Waals surface area contributed by atoms with Gasteiger partial charge in [0.05, 0.1) is 18.9 Å². The Labute approximate surface area is 74.7 Å². The molecule has 2 aromatic heterocycles. The highest BCUT2D eigenvalue weighted by Gasteiger charge is 2.07. The first-order valence-corrected chi connectivity index (χ1v) is 3.82. The maximum atomic E-state index is 10.6. The smallest absolute Gasteiger partial charge is 0.155 e. The van der Waals surface area contributed by atoms with Crippen molar-refractivity contribution in [1.29, 1.82) is 0 Å². The minimum absolute atomic E-state index is 0.538. The van der Waals surface area contributed by atoms with Gasteiger partial charge in [-0.05, 0) is 12.1 Å². The van der Waals surface area contributed by atoms with Crippen LogP contribution in [0.4, 0.5) is 0 Å². The molecule has 0 aliphatic rings. The van der Waals surface area contributed by atoms with Crippen LogP contribution in [0.1, 0.15) is 10.4 Å². The van der Waals surface area contributed by atoms with Gasteiger partial charge in [0.15, 0.2) is 12.0 Å². The predicted molar refractivity (Wildman–Crippen MR) is 47.1 cm³/mol. The number of methoxy groups -OCH3 is 1. The molecule has 0 fully saturated rings. The standard InChI is InChI=1S/C9H8N2O2/c1-13-9-7(6-12)3-5-11-8(9)2-4-10-11/h2-6H,1H3. The second kappa shape index (κ2) is 2.90. The molecule has 4 nitrogen and oxygen atoms in total. The van der Waals surface area contributed by atoms with E-state index in [-0.39, 0.29) is 0 Å². The summed E-state index contributed by atoms with van der Waals surface area (Å²) >= 11 is 0. The van der Waals surface area contributed by atoms with Crippen LogP contribution in [-0.2, 0) is 0 Å². The molecule has 2 heterocycles. The van der Waals surface area contributed by atoms with Crippen LogP contribution in [0.15, 0.2) is 24.5 Å². The Kier molecular flexibility index (Phi) is 1.73. The van der Waals surface area contributed by atoms with Gasteiger partial charge in [-0.1, -0.05) is 0 Å². The third-order valence-electron chi connectivity index (χ3n) is 1.89. The number of ether oxygens (including phenoxy) is 1. The van der Waals surface area contributed by atoms with Crippen LogP contribution in [-0.4, -0.2) is 23.0 Å². The number of nitrogens with zero attached hydrogens (tertiary/aromatic N) is 2. The summed E-state index contributed by atoms with van der Waals surface area (Å²) < 4.78 is 6.77. The molecule has 0 bridgehead atoms. The van der Waals surface area contributed by atoms with Crippen LogP contribution >= 0.6 is 0 Å². The molecule has 4 heteroatoms. The van der Waals surface area contributed by atoms with E-state index in [4.69, 9.17) is 4.74 Å². The van der Waals surface area contributed by atoms with Crippen molar-refractivity contribution in [2.24, 2.45) is 0 Å². The van der Waals surface area contributed by atoms with Gasteiger partial charge in [0.25, 0.3) is 0 Å². The number of hydrogen-bond acceptors (Lipinski definition) is 3. The average molecular weight is 176 g/mol. The minimum Gasteiger partial charge on any atom is -0.494 e. The number of aromatic nitrogens is 2. The van der Waals surface area contributed by atoms with E-state index in [2.05, 4.69) is 5.10 Å². The molecule has 0 N–H and O–H groups in total. The SMILES string of the molecule is COc1c(C=O)ccn2nccc12. The number of carbonyl (C=O) groups is 1. The molecule has 0 aliphatic heterocycles. The topological polar surface area (TPSA) is 43.6 Å². The molecular formula is C9H8N2O2. The van der Waals surface area contributed by atoms with Crippen molar-refractivity contribution in [1.82, 2.24) is 9.61 Å². The summed E-state index contributed by atoms with van der Waals surface area (Å²) in [5, 5.41) is 4.02. The number of carbonyl (C=O) groups excluding carboxylic acids is 1. The lowest BCUT2D eigenvalue weighted by Gasteiger charge is -2.04. The lowest BCUT2D eigenvalue weighted by molar-refractivity contribution is 0.112. The van der Waals surface area contributed by atoms with Crippen molar-refractivity contribution in [3.05, 3.63) is 30.1 Å². The van der Waals surface area contributed by atoms with Crippen molar-refractivity contribution < 1.29 is 9.53 Å². The number of aldehydes is 1. The quantitative estimate of drug-likeness (QED) is 0.645. The number of pyridine rings is 1. The van der Waals surface area contributed by atoms with Crippen LogP contribution in [0, 0.1) is 0 Å². The molecular weight excluding hydrogens is 168 g/mol. The van der Waals surface area contributed by atoms with Crippen LogP contribution < -0.4 is 4.74 Å². The van der Waals surface area contributed by atoms with Gasteiger partial charge in [0.2, 0.25) is 0 Å². The van der Waals surface area contributed by atoms with Crippen molar-refractivity contribution in [3.63, 3.8) is 0 Å². The summed E-state index contributed by atoms with van der Waals surface area (Å²) in [5.41, 5.74) is 1.34. The van der Waals surface area contributed by atoms with E-state index in [1.807, 2.05) is 0 Å². The van der Waals surface area contributed by atoms with Gasteiger partial charge in [-0.15, -0.1) is 0 Å². The van der Waals surface area contributed by atoms with Crippen molar-refractivity contribution >= 4 is 11.8 Å². The Bertz CT molecular complexity index is 448. The normalized spacial score (nSPS) is 10.2. The predicted octanol–water partition coefficient (Wildman–Crippen LogP) is 1.16. The molecule has 0 spiro atoms. The molecule has 0 radical (unpaired) electrons. The Hall–Kier alpha value is -1.84. The van der Waals surface area contributed by atoms with E-state index in [9.17, 15) is 4.79 Å². The number of fused-ring (bicyclic) bond motifs is 1. The van der Waals surface area contributed by atoms with Gasteiger partial charge in [-0.2, -0.15) is 5.10 Å². The summed E-state index contributed by atoms with van der Waals surface area (Å²) in [6, 6.07) is 3.47. The maximum absolute atomic E-state index is 10.6. The molecule has 0 amide bonds. The van der Waals surface area contributed by atoms with E-state index in [0.29, 0.717) is 11.3 Å². The lowest BCUT2D eigenvalue weighted by atomic mass is 10.2. The fourth-order valence-electron chi connectivity index (χ4n) is 1.30. The summed E-state index contributed by atoms with van der Waals surface area (Å²) in [6.07, 6.45) is 4.15. The van der Waals surface area contributed by atoms with E-state index >= 15 is 0 Å². The summed E-state index contributed by atoms with van der Waals surface area (Å²) in [5.74, 6) is 0.565. The molecule has 0 saturated carbocycles. The average Bonchev–Trinajstić information content (AvgIpc) is 2.63. The fraction of sp³-hybridized carbons (Fsp3) is 0.111. The largest absolute Gasteiger partial charge is 0.494 e. The van der Waals surface area contributed by atoms with E-state index in [0.717, 1.165) is 11.8 Å². The van der Waals surface area contributed by atoms with Gasteiger partial charge in [-0.3, -0.25) is 4.79 Å². The van der Waals surface area contributed by atoms with Crippen molar-refractivity contribution in [3.8, 4) is 5.75 Å². The van der Waals surface area contributed by atoms with E-state index in [1.54, 1.807) is 29.0 Å².